The molecule has 1 aromatic carbocycles. The summed E-state index contributed by atoms with van der Waals surface area (Å²) in [6, 6.07) is 7.55. The third-order valence-electron chi connectivity index (χ3n) is 2.76. The van der Waals surface area contributed by atoms with E-state index in [4.69, 9.17) is 9.47 Å². The number of alkyl halides is 2. The lowest BCUT2D eigenvalue weighted by Gasteiger charge is -2.19. The predicted molar refractivity (Wildman–Crippen MR) is 75.5 cm³/mol. The summed E-state index contributed by atoms with van der Waals surface area (Å²) >= 11 is 0. The van der Waals surface area contributed by atoms with Crippen LogP contribution in [-0.4, -0.2) is 32.8 Å². The van der Waals surface area contributed by atoms with E-state index in [9.17, 15) is 8.78 Å². The maximum Gasteiger partial charge on any atom is 0.261 e. The Morgan fingerprint density at radius 1 is 1.10 bits per heavy atom. The number of halogens is 2. The minimum absolute atomic E-state index is 0.0793. The molecule has 1 aromatic rings. The number of rotatable bonds is 10. The van der Waals surface area contributed by atoms with E-state index in [1.807, 2.05) is 31.2 Å². The Kier molecular flexibility index (Phi) is 8.14. The van der Waals surface area contributed by atoms with Crippen LogP contribution in [0.15, 0.2) is 24.3 Å². The van der Waals surface area contributed by atoms with E-state index < -0.39 is 13.0 Å². The molecule has 5 heteroatoms. The first-order chi connectivity index (χ1) is 9.67. The number of ether oxygens (including phenoxy) is 2. The maximum absolute atomic E-state index is 12.1. The molecule has 1 unspecified atom stereocenters. The standard InChI is InChI=1S/C15H23F2NO2/c1-3-9-18-14(10-19-11-15(16)17)12-5-7-13(8-6-12)20-4-2/h5-8,14-15,18H,3-4,9-11H2,1-2H3. The van der Waals surface area contributed by atoms with Gasteiger partial charge in [-0.05, 0) is 37.6 Å². The van der Waals surface area contributed by atoms with Gasteiger partial charge in [0.2, 0.25) is 0 Å². The second kappa shape index (κ2) is 9.66. The summed E-state index contributed by atoms with van der Waals surface area (Å²) in [7, 11) is 0. The zero-order chi connectivity index (χ0) is 14.8. The molecule has 0 aliphatic carbocycles. The Balaban J connectivity index is 2.60. The van der Waals surface area contributed by atoms with E-state index in [0.717, 1.165) is 24.3 Å². The van der Waals surface area contributed by atoms with Crippen molar-refractivity contribution >= 4 is 0 Å². The van der Waals surface area contributed by atoms with Crippen LogP contribution in [0.5, 0.6) is 5.75 Å². The Bertz CT molecular complexity index is 357. The van der Waals surface area contributed by atoms with Gasteiger partial charge in [0, 0.05) is 0 Å². The van der Waals surface area contributed by atoms with E-state index in [2.05, 4.69) is 12.2 Å². The summed E-state index contributed by atoms with van der Waals surface area (Å²) < 4.78 is 34.7. The molecule has 0 bridgehead atoms. The van der Waals surface area contributed by atoms with Gasteiger partial charge in [-0.15, -0.1) is 0 Å². The van der Waals surface area contributed by atoms with E-state index in [0.29, 0.717) is 6.61 Å². The summed E-state index contributed by atoms with van der Waals surface area (Å²) in [5, 5.41) is 3.30. The second-order valence-corrected chi connectivity index (χ2v) is 4.44. The predicted octanol–water partition coefficient (Wildman–Crippen LogP) is 3.41. The monoisotopic (exact) mass is 287 g/mol. The third-order valence-corrected chi connectivity index (χ3v) is 2.76. The summed E-state index contributed by atoms with van der Waals surface area (Å²) in [6.07, 6.45) is -1.45. The van der Waals surface area contributed by atoms with E-state index in [-0.39, 0.29) is 12.6 Å². The lowest BCUT2D eigenvalue weighted by atomic mass is 10.1. The minimum atomic E-state index is -2.43. The van der Waals surface area contributed by atoms with Crippen LogP contribution in [0.2, 0.25) is 0 Å². The summed E-state index contributed by atoms with van der Waals surface area (Å²) in [5.74, 6) is 0.805. The number of hydrogen-bond donors (Lipinski definition) is 1. The first-order valence-corrected chi connectivity index (χ1v) is 6.99. The molecule has 0 saturated heterocycles. The summed E-state index contributed by atoms with van der Waals surface area (Å²) in [4.78, 5) is 0. The summed E-state index contributed by atoms with van der Waals surface area (Å²) in [5.41, 5.74) is 1.01. The van der Waals surface area contributed by atoms with Gasteiger partial charge in [-0.25, -0.2) is 8.78 Å². The van der Waals surface area contributed by atoms with Crippen LogP contribution in [0.25, 0.3) is 0 Å². The van der Waals surface area contributed by atoms with Crippen LogP contribution < -0.4 is 10.1 Å². The number of hydrogen-bond acceptors (Lipinski definition) is 3. The Labute approximate surface area is 119 Å². The van der Waals surface area contributed by atoms with Gasteiger partial charge in [0.25, 0.3) is 6.43 Å². The van der Waals surface area contributed by atoms with E-state index in [1.165, 1.54) is 0 Å². The van der Waals surface area contributed by atoms with Crippen LogP contribution >= 0.6 is 0 Å². The molecule has 0 amide bonds. The van der Waals surface area contributed by atoms with Crippen LogP contribution in [0, 0.1) is 0 Å². The van der Waals surface area contributed by atoms with E-state index in [1.54, 1.807) is 0 Å². The van der Waals surface area contributed by atoms with Crippen molar-refractivity contribution in [3.8, 4) is 5.75 Å². The van der Waals surface area contributed by atoms with Crippen LogP contribution in [0.1, 0.15) is 31.9 Å². The van der Waals surface area contributed by atoms with Crippen molar-refractivity contribution < 1.29 is 18.3 Å². The second-order valence-electron chi connectivity index (χ2n) is 4.44. The molecule has 1 atom stereocenters. The molecular weight excluding hydrogens is 264 g/mol. The zero-order valence-corrected chi connectivity index (χ0v) is 12.1. The highest BCUT2D eigenvalue weighted by atomic mass is 19.3. The summed E-state index contributed by atoms with van der Waals surface area (Å²) in [6.45, 7) is 5.13. The van der Waals surface area contributed by atoms with E-state index >= 15 is 0 Å². The van der Waals surface area contributed by atoms with Gasteiger partial charge in [-0.1, -0.05) is 19.1 Å². The molecule has 0 aliphatic rings. The van der Waals surface area contributed by atoms with Crippen molar-refractivity contribution in [3.63, 3.8) is 0 Å². The Morgan fingerprint density at radius 3 is 2.35 bits per heavy atom. The number of benzene rings is 1. The zero-order valence-electron chi connectivity index (χ0n) is 12.1. The Morgan fingerprint density at radius 2 is 1.80 bits per heavy atom. The SMILES string of the molecule is CCCNC(COCC(F)F)c1ccc(OCC)cc1. The van der Waals surface area contributed by atoms with Crippen LogP contribution in [-0.2, 0) is 4.74 Å². The fraction of sp³-hybridized carbons (Fsp3) is 0.600. The molecule has 1 rings (SSSR count). The Hall–Kier alpha value is -1.20. The lowest BCUT2D eigenvalue weighted by Crippen LogP contribution is -2.27. The molecule has 0 radical (unpaired) electrons. The first-order valence-electron chi connectivity index (χ1n) is 6.99. The van der Waals surface area contributed by atoms with Crippen molar-refractivity contribution in [2.24, 2.45) is 0 Å². The first kappa shape index (κ1) is 16.9. The molecule has 20 heavy (non-hydrogen) atoms. The molecular formula is C15H23F2NO2. The van der Waals surface area contributed by atoms with Crippen molar-refractivity contribution in [2.75, 3.05) is 26.4 Å². The average molecular weight is 287 g/mol. The lowest BCUT2D eigenvalue weighted by molar-refractivity contribution is 0.00921. The van der Waals surface area contributed by atoms with Gasteiger partial charge < -0.3 is 14.8 Å². The van der Waals surface area contributed by atoms with Crippen molar-refractivity contribution in [1.29, 1.82) is 0 Å². The number of nitrogens with one attached hydrogen (secondary N) is 1. The minimum Gasteiger partial charge on any atom is -0.494 e. The largest absolute Gasteiger partial charge is 0.494 e. The normalized spacial score (nSPS) is 12.7. The van der Waals surface area contributed by atoms with Gasteiger partial charge in [0.15, 0.2) is 0 Å². The van der Waals surface area contributed by atoms with Crippen molar-refractivity contribution in [2.45, 2.75) is 32.7 Å². The van der Waals surface area contributed by atoms with Gasteiger partial charge in [0.1, 0.15) is 12.4 Å². The fourth-order valence-electron chi connectivity index (χ4n) is 1.83. The molecule has 1 N–H and O–H groups in total. The van der Waals surface area contributed by atoms with Gasteiger partial charge in [-0.2, -0.15) is 0 Å². The molecule has 0 spiro atoms. The molecule has 114 valence electrons. The highest BCUT2D eigenvalue weighted by Crippen LogP contribution is 2.18. The molecule has 3 nitrogen and oxygen atoms in total. The highest BCUT2D eigenvalue weighted by Gasteiger charge is 2.12. The molecule has 0 heterocycles. The quantitative estimate of drug-likeness (QED) is 0.715. The smallest absolute Gasteiger partial charge is 0.261 e. The van der Waals surface area contributed by atoms with Gasteiger partial charge in [-0.3, -0.25) is 0 Å². The topological polar surface area (TPSA) is 30.5 Å². The highest BCUT2D eigenvalue weighted by molar-refractivity contribution is 5.29. The molecule has 0 saturated carbocycles. The fourth-order valence-corrected chi connectivity index (χ4v) is 1.83. The van der Waals surface area contributed by atoms with Gasteiger partial charge >= 0.3 is 0 Å². The van der Waals surface area contributed by atoms with Crippen molar-refractivity contribution in [1.82, 2.24) is 5.32 Å². The third kappa shape index (κ3) is 6.30. The van der Waals surface area contributed by atoms with Crippen LogP contribution in [0.4, 0.5) is 8.78 Å². The maximum atomic E-state index is 12.1. The molecule has 0 aromatic heterocycles. The molecule has 0 aliphatic heterocycles. The van der Waals surface area contributed by atoms with Crippen LogP contribution in [0.3, 0.4) is 0 Å². The van der Waals surface area contributed by atoms with Crippen molar-refractivity contribution in [3.05, 3.63) is 29.8 Å². The van der Waals surface area contributed by atoms with Gasteiger partial charge in [0.05, 0.1) is 19.3 Å². The average Bonchev–Trinajstić information content (AvgIpc) is 2.43. The molecule has 0 fully saturated rings.